The van der Waals surface area contributed by atoms with Gasteiger partial charge >= 0.3 is 12.0 Å². The number of halogens is 2. The second-order valence-corrected chi connectivity index (χ2v) is 4.05. The van der Waals surface area contributed by atoms with Crippen LogP contribution in [0, 0.1) is 5.82 Å². The third-order valence-electron chi connectivity index (χ3n) is 2.20. The zero-order valence-electron chi connectivity index (χ0n) is 10.4. The maximum atomic E-state index is 13.3. The topological polar surface area (TPSA) is 64.4 Å². The quantitative estimate of drug-likeness (QED) is 0.644. The van der Waals surface area contributed by atoms with E-state index in [2.05, 4.69) is 15.0 Å². The van der Waals surface area contributed by atoms with E-state index in [0.29, 0.717) is 5.02 Å². The Kier molecular flexibility index (Phi) is 4.37. The van der Waals surface area contributed by atoms with E-state index in [0.717, 1.165) is 6.20 Å². The van der Waals surface area contributed by atoms with Crippen molar-refractivity contribution in [3.8, 4) is 6.01 Å². The third kappa shape index (κ3) is 3.36. The van der Waals surface area contributed by atoms with Crippen molar-refractivity contribution in [1.82, 2.24) is 9.97 Å². The van der Waals surface area contributed by atoms with Crippen molar-refractivity contribution >= 4 is 29.6 Å². The van der Waals surface area contributed by atoms with Crippen LogP contribution < -0.4 is 4.74 Å². The highest BCUT2D eigenvalue weighted by atomic mass is 35.5. The first-order valence-corrected chi connectivity index (χ1v) is 5.97. The summed E-state index contributed by atoms with van der Waals surface area (Å²) in [5.41, 5.74) is 0.242. The van der Waals surface area contributed by atoms with Gasteiger partial charge in [0.05, 0.1) is 11.8 Å². The first kappa shape index (κ1) is 14.1. The number of ether oxygens (including phenoxy) is 1. The number of benzene rings is 1. The number of nitrogens with zero attached hydrogens (tertiary/aromatic N) is 3. The van der Waals surface area contributed by atoms with Gasteiger partial charge in [0.25, 0.3) is 0 Å². The van der Waals surface area contributed by atoms with Crippen LogP contribution in [0.15, 0.2) is 35.5 Å². The molecule has 0 saturated heterocycles. The number of carbonyl (C=O) groups excluding carboxylic acids is 1. The first-order chi connectivity index (χ1) is 9.60. The van der Waals surface area contributed by atoms with Gasteiger partial charge in [-0.1, -0.05) is 17.7 Å². The molecule has 0 fully saturated rings. The fourth-order valence-electron chi connectivity index (χ4n) is 1.36. The number of rotatable bonds is 3. The minimum absolute atomic E-state index is 0.198. The van der Waals surface area contributed by atoms with Crippen molar-refractivity contribution in [3.05, 3.63) is 46.9 Å². The van der Waals surface area contributed by atoms with Gasteiger partial charge < -0.3 is 4.74 Å². The van der Waals surface area contributed by atoms with E-state index in [-0.39, 0.29) is 17.4 Å². The Balaban J connectivity index is 2.22. The lowest BCUT2D eigenvalue weighted by Crippen LogP contribution is -2.10. The highest BCUT2D eigenvalue weighted by Gasteiger charge is 2.13. The summed E-state index contributed by atoms with van der Waals surface area (Å²) < 4.78 is 18.2. The lowest BCUT2D eigenvalue weighted by Gasteiger charge is -2.03. The maximum absolute atomic E-state index is 13.3. The molecule has 1 heterocycles. The molecule has 0 N–H and O–H groups in total. The second kappa shape index (κ2) is 6.21. The number of hydrogen-bond donors (Lipinski definition) is 0. The summed E-state index contributed by atoms with van der Waals surface area (Å²) in [7, 11) is 0. The largest absolute Gasteiger partial charge is 0.387 e. The Bertz CT molecular complexity index is 676. The van der Waals surface area contributed by atoms with Gasteiger partial charge in [0.15, 0.2) is 11.6 Å². The van der Waals surface area contributed by atoms with Gasteiger partial charge in [-0.2, -0.15) is 4.98 Å². The number of aliphatic imine (C=N–C) groups is 1. The molecule has 102 valence electrons. The molecule has 0 atom stereocenters. The molecule has 0 spiro atoms. The summed E-state index contributed by atoms with van der Waals surface area (Å²) in [4.78, 5) is 22.8. The van der Waals surface area contributed by atoms with Gasteiger partial charge in [-0.25, -0.2) is 19.2 Å². The zero-order valence-corrected chi connectivity index (χ0v) is 11.1. The van der Waals surface area contributed by atoms with Crippen LogP contribution in [-0.4, -0.2) is 22.2 Å². The lowest BCUT2D eigenvalue weighted by atomic mass is 10.2. The van der Waals surface area contributed by atoms with E-state index in [4.69, 9.17) is 16.3 Å². The molecule has 0 bridgehead atoms. The molecular weight excluding hydrogens is 285 g/mol. The third-order valence-corrected chi connectivity index (χ3v) is 2.43. The molecule has 5 nitrogen and oxygen atoms in total. The molecule has 7 heteroatoms. The molecular formula is C13H9ClFN3O2. The molecule has 1 aromatic carbocycles. The van der Waals surface area contributed by atoms with Crippen LogP contribution in [0.25, 0.3) is 0 Å². The Morgan fingerprint density at radius 2 is 2.30 bits per heavy atom. The fourth-order valence-corrected chi connectivity index (χ4v) is 1.55. The minimum Gasteiger partial charge on any atom is -0.387 e. The van der Waals surface area contributed by atoms with Crippen LogP contribution in [0.4, 0.5) is 10.2 Å². The Morgan fingerprint density at radius 3 is 3.00 bits per heavy atom. The van der Waals surface area contributed by atoms with Crippen LogP contribution in [-0.2, 0) is 0 Å². The van der Waals surface area contributed by atoms with E-state index in [9.17, 15) is 9.18 Å². The van der Waals surface area contributed by atoms with Gasteiger partial charge in [0.1, 0.15) is 0 Å². The molecule has 0 saturated carbocycles. The summed E-state index contributed by atoms with van der Waals surface area (Å²) in [6.07, 6.45) is 2.25. The van der Waals surface area contributed by atoms with E-state index >= 15 is 0 Å². The summed E-state index contributed by atoms with van der Waals surface area (Å²) in [6, 6.07) is 5.93. The van der Waals surface area contributed by atoms with Crippen molar-refractivity contribution in [2.45, 2.75) is 6.92 Å². The van der Waals surface area contributed by atoms with Crippen LogP contribution in [0.2, 0.25) is 5.02 Å². The summed E-state index contributed by atoms with van der Waals surface area (Å²) in [5, 5.41) is 0.399. The molecule has 0 aliphatic carbocycles. The van der Waals surface area contributed by atoms with Crippen LogP contribution in [0.3, 0.4) is 0 Å². The maximum Gasteiger partial charge on any atom is 0.346 e. The van der Waals surface area contributed by atoms with Gasteiger partial charge in [-0.15, -0.1) is 0 Å². The number of aromatic nitrogens is 2. The van der Waals surface area contributed by atoms with Crippen LogP contribution in [0.1, 0.15) is 17.3 Å². The van der Waals surface area contributed by atoms with Crippen molar-refractivity contribution in [2.24, 2.45) is 4.99 Å². The van der Waals surface area contributed by atoms with Crippen molar-refractivity contribution in [1.29, 1.82) is 0 Å². The average Bonchev–Trinajstić information content (AvgIpc) is 2.43. The van der Waals surface area contributed by atoms with Gasteiger partial charge in [-0.3, -0.25) is 0 Å². The van der Waals surface area contributed by atoms with Crippen LogP contribution >= 0.6 is 11.6 Å². The molecule has 1 aromatic heterocycles. The highest BCUT2D eigenvalue weighted by Crippen LogP contribution is 2.17. The Hall–Kier alpha value is -2.34. The Morgan fingerprint density at radius 1 is 1.50 bits per heavy atom. The van der Waals surface area contributed by atoms with E-state index in [1.165, 1.54) is 18.3 Å². The second-order valence-electron chi connectivity index (χ2n) is 3.61. The van der Waals surface area contributed by atoms with Crippen molar-refractivity contribution in [2.75, 3.05) is 0 Å². The summed E-state index contributed by atoms with van der Waals surface area (Å²) >= 11 is 5.77. The lowest BCUT2D eigenvalue weighted by molar-refractivity contribution is 0.0719. The minimum atomic E-state index is -0.703. The standard InChI is InChI=1S/C13H9ClFN3O2/c1-2-16-11-10(15)7-17-13(18-11)20-12(19)8-4-3-5-9(14)6-8/h2-7H,1H3. The predicted molar refractivity (Wildman–Crippen MR) is 72.2 cm³/mol. The van der Waals surface area contributed by atoms with E-state index in [1.807, 2.05) is 0 Å². The smallest absolute Gasteiger partial charge is 0.346 e. The van der Waals surface area contributed by atoms with E-state index < -0.39 is 11.8 Å². The zero-order chi connectivity index (χ0) is 14.5. The molecule has 0 unspecified atom stereocenters. The molecule has 2 aromatic rings. The summed E-state index contributed by atoms with van der Waals surface area (Å²) in [6.45, 7) is 1.61. The monoisotopic (exact) mass is 293 g/mol. The van der Waals surface area contributed by atoms with Gasteiger partial charge in [-0.05, 0) is 25.1 Å². The molecule has 0 aliphatic rings. The summed E-state index contributed by atoms with van der Waals surface area (Å²) in [5.74, 6) is -1.59. The molecule has 20 heavy (non-hydrogen) atoms. The number of hydrogen-bond acceptors (Lipinski definition) is 5. The Labute approximate surface area is 119 Å². The van der Waals surface area contributed by atoms with Crippen LogP contribution in [0.5, 0.6) is 6.01 Å². The van der Waals surface area contributed by atoms with Crippen molar-refractivity contribution < 1.29 is 13.9 Å². The molecule has 0 radical (unpaired) electrons. The highest BCUT2D eigenvalue weighted by molar-refractivity contribution is 6.30. The first-order valence-electron chi connectivity index (χ1n) is 5.59. The number of esters is 1. The predicted octanol–water partition coefficient (Wildman–Crippen LogP) is 3.21. The SMILES string of the molecule is CC=Nc1nc(OC(=O)c2cccc(Cl)c2)ncc1F. The fraction of sp³-hybridized carbons (Fsp3) is 0.0769. The van der Waals surface area contributed by atoms with Crippen molar-refractivity contribution in [3.63, 3.8) is 0 Å². The molecule has 0 amide bonds. The number of carbonyl (C=O) groups is 1. The molecule has 2 rings (SSSR count). The average molecular weight is 294 g/mol. The normalized spacial score (nSPS) is 10.8. The molecule has 0 aliphatic heterocycles. The van der Waals surface area contributed by atoms with Gasteiger partial charge in [0, 0.05) is 11.2 Å². The van der Waals surface area contributed by atoms with Gasteiger partial charge in [0.2, 0.25) is 0 Å². The van der Waals surface area contributed by atoms with E-state index in [1.54, 1.807) is 19.1 Å².